The maximum Gasteiger partial charge on any atom is 0.240 e. The normalized spacial score (nSPS) is 12.6. The Balaban J connectivity index is 2.18. The first-order valence-corrected chi connectivity index (χ1v) is 9.69. The molecule has 0 saturated carbocycles. The van der Waals surface area contributed by atoms with E-state index >= 15 is 0 Å². The van der Waals surface area contributed by atoms with Crippen LogP contribution >= 0.6 is 0 Å². The molecule has 2 N–H and O–H groups in total. The maximum atomic E-state index is 12.7. The van der Waals surface area contributed by atoms with Gasteiger partial charge in [-0.25, -0.2) is 13.1 Å². The average Bonchev–Trinajstić information content (AvgIpc) is 2.56. The summed E-state index contributed by atoms with van der Waals surface area (Å²) in [4.78, 5) is 11.3. The molecule has 0 spiro atoms. The Kier molecular flexibility index (Phi) is 6.52. The number of ether oxygens (including phenoxy) is 1. The van der Waals surface area contributed by atoms with Gasteiger partial charge in [-0.2, -0.15) is 0 Å². The lowest BCUT2D eigenvalue weighted by atomic mass is 10.0. The molecule has 0 bridgehead atoms. The molecule has 2 aromatic rings. The van der Waals surface area contributed by atoms with E-state index in [1.165, 1.54) is 13.0 Å². The van der Waals surface area contributed by atoms with E-state index in [0.717, 1.165) is 11.1 Å². The second kappa shape index (κ2) is 8.44. The number of rotatable bonds is 7. The van der Waals surface area contributed by atoms with Crippen molar-refractivity contribution in [3.8, 4) is 0 Å². The Morgan fingerprint density at radius 3 is 2.38 bits per heavy atom. The number of benzene rings is 2. The molecule has 0 aliphatic heterocycles. The lowest BCUT2D eigenvalue weighted by Gasteiger charge is -2.19. The number of methoxy groups -OCH3 is 1. The Labute approximate surface area is 154 Å². The molecule has 7 heteroatoms. The van der Waals surface area contributed by atoms with Gasteiger partial charge in [0.15, 0.2) is 0 Å². The molecule has 0 aliphatic carbocycles. The zero-order valence-corrected chi connectivity index (χ0v) is 16.2. The molecule has 0 radical (unpaired) electrons. The van der Waals surface area contributed by atoms with Crippen LogP contribution in [0, 0.1) is 13.8 Å². The van der Waals surface area contributed by atoms with E-state index in [2.05, 4.69) is 10.0 Å². The summed E-state index contributed by atoms with van der Waals surface area (Å²) in [6.45, 7) is 5.17. The van der Waals surface area contributed by atoms with E-state index < -0.39 is 10.0 Å². The zero-order chi connectivity index (χ0) is 19.3. The highest BCUT2D eigenvalue weighted by molar-refractivity contribution is 7.89. The highest BCUT2D eigenvalue weighted by Crippen LogP contribution is 2.22. The van der Waals surface area contributed by atoms with Gasteiger partial charge in [0.1, 0.15) is 0 Å². The van der Waals surface area contributed by atoms with Crippen molar-refractivity contribution in [1.82, 2.24) is 4.72 Å². The van der Waals surface area contributed by atoms with Crippen LogP contribution in [0.15, 0.2) is 47.4 Å². The first-order valence-electron chi connectivity index (χ1n) is 8.21. The number of carbonyl (C=O) groups excluding carboxylic acids is 1. The fraction of sp³-hybridized carbons (Fsp3) is 0.316. The van der Waals surface area contributed by atoms with Crippen LogP contribution in [-0.2, 0) is 19.6 Å². The zero-order valence-electron chi connectivity index (χ0n) is 15.4. The Hall–Kier alpha value is -2.22. The number of aryl methyl sites for hydroxylation is 2. The highest BCUT2D eigenvalue weighted by atomic mass is 32.2. The van der Waals surface area contributed by atoms with Gasteiger partial charge >= 0.3 is 0 Å². The molecule has 2 aromatic carbocycles. The van der Waals surface area contributed by atoms with Crippen LogP contribution in [0.2, 0.25) is 0 Å². The largest absolute Gasteiger partial charge is 0.375 e. The van der Waals surface area contributed by atoms with Gasteiger partial charge < -0.3 is 10.1 Å². The molecule has 2 rings (SSSR count). The van der Waals surface area contributed by atoms with Crippen LogP contribution in [0.3, 0.4) is 0 Å². The van der Waals surface area contributed by atoms with Crippen molar-refractivity contribution in [2.24, 2.45) is 0 Å². The van der Waals surface area contributed by atoms with Crippen LogP contribution in [0.4, 0.5) is 5.69 Å². The molecular formula is C19H24N2O4S. The number of amides is 1. The van der Waals surface area contributed by atoms with Gasteiger partial charge in [-0.3, -0.25) is 4.79 Å². The summed E-state index contributed by atoms with van der Waals surface area (Å²) < 4.78 is 33.4. The van der Waals surface area contributed by atoms with Crippen molar-refractivity contribution < 1.29 is 17.9 Å². The van der Waals surface area contributed by atoms with Crippen molar-refractivity contribution in [3.05, 3.63) is 59.2 Å². The molecule has 0 aromatic heterocycles. The van der Waals surface area contributed by atoms with E-state index in [0.29, 0.717) is 11.3 Å². The molecule has 26 heavy (non-hydrogen) atoms. The van der Waals surface area contributed by atoms with Crippen LogP contribution in [0.5, 0.6) is 0 Å². The van der Waals surface area contributed by atoms with Crippen molar-refractivity contribution in [2.75, 3.05) is 19.0 Å². The molecular weight excluding hydrogens is 352 g/mol. The van der Waals surface area contributed by atoms with Crippen LogP contribution in [-0.4, -0.2) is 28.0 Å². The molecule has 1 atom stereocenters. The summed E-state index contributed by atoms with van der Waals surface area (Å²) in [5.41, 5.74) is 3.09. The van der Waals surface area contributed by atoms with Gasteiger partial charge in [0, 0.05) is 26.3 Å². The summed E-state index contributed by atoms with van der Waals surface area (Å²) in [5.74, 6) is -0.209. The predicted molar refractivity (Wildman–Crippen MR) is 102 cm³/mol. The van der Waals surface area contributed by atoms with Crippen molar-refractivity contribution in [3.63, 3.8) is 0 Å². The van der Waals surface area contributed by atoms with Crippen LogP contribution in [0.25, 0.3) is 0 Å². The number of sulfonamides is 1. The summed E-state index contributed by atoms with van der Waals surface area (Å²) in [5, 5.41) is 2.64. The third-order valence-corrected chi connectivity index (χ3v) is 5.65. The molecule has 6 nitrogen and oxygen atoms in total. The number of carbonyl (C=O) groups is 1. The summed E-state index contributed by atoms with van der Waals surface area (Å²) >= 11 is 0. The molecule has 0 saturated heterocycles. The lowest BCUT2D eigenvalue weighted by molar-refractivity contribution is -0.114. The minimum absolute atomic E-state index is 0.122. The van der Waals surface area contributed by atoms with Gasteiger partial charge in [-0.05, 0) is 48.7 Å². The van der Waals surface area contributed by atoms with E-state index in [1.54, 1.807) is 26.2 Å². The predicted octanol–water partition coefficient (Wildman–Crippen LogP) is 2.93. The summed E-state index contributed by atoms with van der Waals surface area (Å²) in [6, 6.07) is 12.4. The van der Waals surface area contributed by atoms with E-state index in [1.807, 2.05) is 31.2 Å². The monoisotopic (exact) mass is 376 g/mol. The number of anilines is 1. The topological polar surface area (TPSA) is 84.5 Å². The summed E-state index contributed by atoms with van der Waals surface area (Å²) in [7, 11) is -2.15. The molecule has 0 aliphatic rings. The van der Waals surface area contributed by atoms with Gasteiger partial charge in [-0.15, -0.1) is 0 Å². The van der Waals surface area contributed by atoms with Gasteiger partial charge in [0.05, 0.1) is 11.0 Å². The Morgan fingerprint density at radius 2 is 1.81 bits per heavy atom. The van der Waals surface area contributed by atoms with E-state index in [-0.39, 0.29) is 23.5 Å². The Morgan fingerprint density at radius 1 is 1.12 bits per heavy atom. The smallest absolute Gasteiger partial charge is 0.240 e. The average molecular weight is 376 g/mol. The maximum absolute atomic E-state index is 12.7. The lowest BCUT2D eigenvalue weighted by Crippen LogP contribution is -2.30. The first-order chi connectivity index (χ1) is 12.2. The van der Waals surface area contributed by atoms with Crippen LogP contribution in [0.1, 0.15) is 29.7 Å². The van der Waals surface area contributed by atoms with Crippen molar-refractivity contribution >= 4 is 21.6 Å². The number of hydrogen-bond acceptors (Lipinski definition) is 4. The third-order valence-electron chi connectivity index (χ3n) is 4.06. The quantitative estimate of drug-likeness (QED) is 0.778. The fourth-order valence-corrected chi connectivity index (χ4v) is 4.02. The SMILES string of the molecule is CO[C@@H](CNS(=O)(=O)c1ccc(NC(C)=O)cc1C)c1ccccc1C. The van der Waals surface area contributed by atoms with Crippen molar-refractivity contribution in [1.29, 1.82) is 0 Å². The van der Waals surface area contributed by atoms with Gasteiger partial charge in [0.25, 0.3) is 0 Å². The second-order valence-corrected chi connectivity index (χ2v) is 7.83. The minimum Gasteiger partial charge on any atom is -0.375 e. The van der Waals surface area contributed by atoms with Gasteiger partial charge in [-0.1, -0.05) is 24.3 Å². The van der Waals surface area contributed by atoms with Gasteiger partial charge in [0.2, 0.25) is 15.9 Å². The summed E-state index contributed by atoms with van der Waals surface area (Å²) in [6.07, 6.45) is -0.384. The molecule has 0 unspecified atom stereocenters. The first kappa shape index (κ1) is 20.1. The molecule has 140 valence electrons. The van der Waals surface area contributed by atoms with E-state index in [4.69, 9.17) is 4.74 Å². The minimum atomic E-state index is -3.70. The Bertz CT molecular complexity index is 894. The third kappa shape index (κ3) is 4.91. The standard InChI is InChI=1S/C19H24N2O4S/c1-13-7-5-6-8-17(13)18(25-4)12-20-26(23,24)19-10-9-16(11-14(19)2)21-15(3)22/h5-11,18,20H,12H2,1-4H3,(H,21,22)/t18-/m0/s1. The van der Waals surface area contributed by atoms with E-state index in [9.17, 15) is 13.2 Å². The van der Waals surface area contributed by atoms with Crippen molar-refractivity contribution in [2.45, 2.75) is 31.8 Å². The number of hydrogen-bond donors (Lipinski definition) is 2. The number of nitrogens with one attached hydrogen (secondary N) is 2. The second-order valence-electron chi connectivity index (χ2n) is 6.09. The molecule has 1 amide bonds. The molecule has 0 fully saturated rings. The molecule has 0 heterocycles. The van der Waals surface area contributed by atoms with Crippen LogP contribution < -0.4 is 10.0 Å². The fourth-order valence-electron chi connectivity index (χ4n) is 2.76. The highest BCUT2D eigenvalue weighted by Gasteiger charge is 2.20.